The van der Waals surface area contributed by atoms with Crippen molar-refractivity contribution in [3.63, 3.8) is 0 Å². The monoisotopic (exact) mass is 313 g/mol. The molecule has 0 unspecified atom stereocenters. The fourth-order valence-electron chi connectivity index (χ4n) is 2.48. The number of hydrogen-bond acceptors (Lipinski definition) is 2. The molecule has 1 fully saturated rings. The number of hydrogen-bond donors (Lipinski definition) is 1. The maximum Gasteiger partial charge on any atom is 0.573 e. The van der Waals surface area contributed by atoms with Crippen molar-refractivity contribution in [2.75, 3.05) is 13.1 Å². The van der Waals surface area contributed by atoms with Crippen molar-refractivity contribution in [1.82, 2.24) is 5.32 Å². The van der Waals surface area contributed by atoms with Crippen molar-refractivity contribution >= 4 is 12.4 Å². The summed E-state index contributed by atoms with van der Waals surface area (Å²) in [6.07, 6.45) is -4.02. The first-order valence-electron chi connectivity index (χ1n) is 6.13. The molecule has 0 saturated carbocycles. The summed E-state index contributed by atoms with van der Waals surface area (Å²) in [5.74, 6) is -0.880. The molecule has 0 radical (unpaired) electrons. The SMILES string of the molecule is C[C@@H]1CNCC[C@@H]1c1ccc(OC(F)(F)F)cc1F.Cl. The lowest BCUT2D eigenvalue weighted by Crippen LogP contribution is -2.34. The van der Waals surface area contributed by atoms with Gasteiger partial charge in [0, 0.05) is 6.07 Å². The first kappa shape index (κ1) is 17.0. The molecule has 1 aliphatic rings. The highest BCUT2D eigenvalue weighted by Crippen LogP contribution is 2.34. The molecule has 0 aliphatic carbocycles. The Kier molecular flexibility index (Phi) is 5.65. The van der Waals surface area contributed by atoms with E-state index in [9.17, 15) is 17.6 Å². The van der Waals surface area contributed by atoms with Gasteiger partial charge in [0.2, 0.25) is 0 Å². The maximum atomic E-state index is 13.9. The van der Waals surface area contributed by atoms with Gasteiger partial charge < -0.3 is 10.1 Å². The van der Waals surface area contributed by atoms with E-state index in [1.807, 2.05) is 6.92 Å². The summed E-state index contributed by atoms with van der Waals surface area (Å²) in [6, 6.07) is 3.36. The van der Waals surface area contributed by atoms with Crippen molar-refractivity contribution in [2.45, 2.75) is 25.6 Å². The Morgan fingerprint density at radius 1 is 1.30 bits per heavy atom. The zero-order valence-electron chi connectivity index (χ0n) is 10.8. The van der Waals surface area contributed by atoms with E-state index in [4.69, 9.17) is 0 Å². The number of halogens is 5. The second-order valence-electron chi connectivity index (χ2n) is 4.81. The highest BCUT2D eigenvalue weighted by molar-refractivity contribution is 5.85. The number of alkyl halides is 3. The Bertz CT molecular complexity index is 452. The zero-order chi connectivity index (χ0) is 14.0. The Balaban J connectivity index is 0.00000200. The van der Waals surface area contributed by atoms with E-state index in [1.54, 1.807) is 0 Å². The van der Waals surface area contributed by atoms with Crippen molar-refractivity contribution in [1.29, 1.82) is 0 Å². The second kappa shape index (κ2) is 6.63. The molecule has 2 rings (SSSR count). The van der Waals surface area contributed by atoms with Crippen LogP contribution < -0.4 is 10.1 Å². The van der Waals surface area contributed by atoms with Gasteiger partial charge in [0.05, 0.1) is 0 Å². The van der Waals surface area contributed by atoms with Crippen LogP contribution >= 0.6 is 12.4 Å². The van der Waals surface area contributed by atoms with Gasteiger partial charge >= 0.3 is 6.36 Å². The topological polar surface area (TPSA) is 21.3 Å². The predicted molar refractivity (Wildman–Crippen MR) is 69.7 cm³/mol. The normalized spacial score (nSPS) is 23.1. The van der Waals surface area contributed by atoms with Gasteiger partial charge in [0.25, 0.3) is 0 Å². The zero-order valence-corrected chi connectivity index (χ0v) is 11.7. The fraction of sp³-hybridized carbons (Fsp3) is 0.538. The summed E-state index contributed by atoms with van der Waals surface area (Å²) in [4.78, 5) is 0. The summed E-state index contributed by atoms with van der Waals surface area (Å²) in [7, 11) is 0. The molecule has 1 aliphatic heterocycles. The maximum absolute atomic E-state index is 13.9. The van der Waals surface area contributed by atoms with Crippen molar-refractivity contribution in [2.24, 2.45) is 5.92 Å². The molecule has 1 N–H and O–H groups in total. The Morgan fingerprint density at radius 3 is 2.55 bits per heavy atom. The van der Waals surface area contributed by atoms with Gasteiger partial charge in [0.1, 0.15) is 11.6 Å². The van der Waals surface area contributed by atoms with E-state index < -0.39 is 17.9 Å². The molecule has 2 nitrogen and oxygen atoms in total. The third kappa shape index (κ3) is 4.24. The summed E-state index contributed by atoms with van der Waals surface area (Å²) in [5.41, 5.74) is 0.462. The van der Waals surface area contributed by atoms with Crippen molar-refractivity contribution in [3.05, 3.63) is 29.6 Å². The van der Waals surface area contributed by atoms with Gasteiger partial charge in [0.15, 0.2) is 0 Å². The van der Waals surface area contributed by atoms with Crippen LogP contribution in [0.25, 0.3) is 0 Å². The van der Waals surface area contributed by atoms with E-state index in [1.165, 1.54) is 12.1 Å². The van der Waals surface area contributed by atoms with E-state index in [-0.39, 0.29) is 24.2 Å². The summed E-state index contributed by atoms with van der Waals surface area (Å²) in [5, 5.41) is 3.20. The number of piperidine rings is 1. The molecule has 1 aromatic rings. The third-order valence-electron chi connectivity index (χ3n) is 3.39. The lowest BCUT2D eigenvalue weighted by molar-refractivity contribution is -0.274. The average molecular weight is 314 g/mol. The number of ether oxygens (including phenoxy) is 1. The van der Waals surface area contributed by atoms with E-state index in [2.05, 4.69) is 10.1 Å². The van der Waals surface area contributed by atoms with Gasteiger partial charge in [-0.05, 0) is 43.0 Å². The van der Waals surface area contributed by atoms with Gasteiger partial charge in [-0.3, -0.25) is 0 Å². The lowest BCUT2D eigenvalue weighted by atomic mass is 9.82. The molecule has 20 heavy (non-hydrogen) atoms. The summed E-state index contributed by atoms with van der Waals surface area (Å²) >= 11 is 0. The summed E-state index contributed by atoms with van der Waals surface area (Å²) in [6.45, 7) is 3.57. The molecule has 7 heteroatoms. The molecule has 1 heterocycles. The minimum absolute atomic E-state index is 0. The molecule has 0 spiro atoms. The van der Waals surface area contributed by atoms with Crippen LogP contribution in [0.3, 0.4) is 0 Å². The molecular formula is C13H16ClF4NO. The van der Waals surface area contributed by atoms with Gasteiger partial charge in [-0.1, -0.05) is 13.0 Å². The van der Waals surface area contributed by atoms with Crippen LogP contribution in [0, 0.1) is 11.7 Å². The first-order chi connectivity index (χ1) is 8.87. The van der Waals surface area contributed by atoms with Crippen LogP contribution in [0.15, 0.2) is 18.2 Å². The van der Waals surface area contributed by atoms with Gasteiger partial charge in [-0.25, -0.2) is 4.39 Å². The van der Waals surface area contributed by atoms with E-state index in [0.717, 1.165) is 25.6 Å². The van der Waals surface area contributed by atoms with Crippen LogP contribution in [-0.2, 0) is 0 Å². The Hall–Kier alpha value is -1.01. The van der Waals surface area contributed by atoms with E-state index in [0.29, 0.717) is 5.56 Å². The minimum atomic E-state index is -4.80. The number of benzene rings is 1. The van der Waals surface area contributed by atoms with E-state index >= 15 is 0 Å². The predicted octanol–water partition coefficient (Wildman–Crippen LogP) is 3.86. The van der Waals surface area contributed by atoms with Gasteiger partial charge in [-0.15, -0.1) is 25.6 Å². The van der Waals surface area contributed by atoms with Crippen molar-refractivity contribution in [3.8, 4) is 5.75 Å². The van der Waals surface area contributed by atoms with Crippen molar-refractivity contribution < 1.29 is 22.3 Å². The molecule has 0 amide bonds. The number of rotatable bonds is 2. The largest absolute Gasteiger partial charge is 0.573 e. The first-order valence-corrected chi connectivity index (χ1v) is 6.13. The molecule has 114 valence electrons. The standard InChI is InChI=1S/C13H15F4NO.ClH/c1-8-7-18-5-4-10(8)11-3-2-9(6-12(11)14)19-13(15,16)17;/h2-3,6,8,10,18H,4-5,7H2,1H3;1H/t8-,10+;/m1./s1. The highest BCUT2D eigenvalue weighted by Gasteiger charge is 2.32. The quantitative estimate of drug-likeness (QED) is 0.837. The second-order valence-corrected chi connectivity index (χ2v) is 4.81. The molecule has 0 aromatic heterocycles. The lowest BCUT2D eigenvalue weighted by Gasteiger charge is -2.30. The fourth-order valence-corrected chi connectivity index (χ4v) is 2.48. The molecule has 0 bridgehead atoms. The Labute approximate surface area is 120 Å². The minimum Gasteiger partial charge on any atom is -0.406 e. The molecule has 1 aromatic carbocycles. The van der Waals surface area contributed by atoms with Crippen LogP contribution in [0.4, 0.5) is 17.6 Å². The van der Waals surface area contributed by atoms with Gasteiger partial charge in [-0.2, -0.15) is 0 Å². The molecule has 1 saturated heterocycles. The molecular weight excluding hydrogens is 298 g/mol. The van der Waals surface area contributed by atoms with Crippen LogP contribution in [0.5, 0.6) is 5.75 Å². The number of nitrogens with one attached hydrogen (secondary N) is 1. The van der Waals surface area contributed by atoms with Crippen LogP contribution in [-0.4, -0.2) is 19.5 Å². The summed E-state index contributed by atoms with van der Waals surface area (Å²) < 4.78 is 53.7. The Morgan fingerprint density at radius 2 is 2.00 bits per heavy atom. The highest BCUT2D eigenvalue weighted by atomic mass is 35.5. The van der Waals surface area contributed by atoms with Crippen LogP contribution in [0.1, 0.15) is 24.8 Å². The average Bonchev–Trinajstić information content (AvgIpc) is 2.28. The van der Waals surface area contributed by atoms with Crippen LogP contribution in [0.2, 0.25) is 0 Å². The smallest absolute Gasteiger partial charge is 0.406 e. The third-order valence-corrected chi connectivity index (χ3v) is 3.39. The molecule has 2 atom stereocenters.